The summed E-state index contributed by atoms with van der Waals surface area (Å²) in [6, 6.07) is 3.80. The largest absolute Gasteiger partial charge is 0.522 e. The molecule has 0 heterocycles. The van der Waals surface area contributed by atoms with Gasteiger partial charge < -0.3 is 0 Å². The number of halogens is 4. The van der Waals surface area contributed by atoms with Gasteiger partial charge in [0.05, 0.1) is 17.3 Å². The summed E-state index contributed by atoms with van der Waals surface area (Å²) in [5.41, 5.74) is 0. The molecule has 0 aliphatic rings. The van der Waals surface area contributed by atoms with Crippen LogP contribution in [0.15, 0.2) is 29.2 Å². The Bertz CT molecular complexity index is 464. The van der Waals surface area contributed by atoms with Gasteiger partial charge in [0, 0.05) is 0 Å². The Kier molecular flexibility index (Phi) is 4.10. The molecule has 0 fully saturated rings. The lowest BCUT2D eigenvalue weighted by Gasteiger charge is -2.07. The summed E-state index contributed by atoms with van der Waals surface area (Å²) < 4.78 is 73.6. The number of alkyl halides is 3. The standard InChI is InChI=1S/C9H8F4O3S/c10-7-1-3-8(4-2-7)17(14,15)6-5-16-9(11,12)13/h1-4H,5-6H2. The van der Waals surface area contributed by atoms with E-state index in [4.69, 9.17) is 0 Å². The van der Waals surface area contributed by atoms with E-state index < -0.39 is 34.4 Å². The first-order chi connectivity index (χ1) is 7.71. The minimum Gasteiger partial charge on any atom is -0.291 e. The molecule has 0 bridgehead atoms. The maximum Gasteiger partial charge on any atom is 0.522 e. The van der Waals surface area contributed by atoms with Gasteiger partial charge in [-0.05, 0) is 24.3 Å². The molecule has 96 valence electrons. The van der Waals surface area contributed by atoms with Crippen molar-refractivity contribution in [3.63, 3.8) is 0 Å². The SMILES string of the molecule is O=S(=O)(CCOC(F)(F)F)c1ccc(F)cc1. The van der Waals surface area contributed by atoms with Crippen LogP contribution in [-0.2, 0) is 14.6 Å². The maximum absolute atomic E-state index is 12.5. The smallest absolute Gasteiger partial charge is 0.291 e. The third-order valence-electron chi connectivity index (χ3n) is 1.79. The van der Waals surface area contributed by atoms with Gasteiger partial charge >= 0.3 is 6.36 Å². The number of ether oxygens (including phenoxy) is 1. The van der Waals surface area contributed by atoms with Crippen LogP contribution in [0.5, 0.6) is 0 Å². The van der Waals surface area contributed by atoms with Crippen LogP contribution in [0.4, 0.5) is 17.6 Å². The summed E-state index contributed by atoms with van der Waals surface area (Å²) >= 11 is 0. The van der Waals surface area contributed by atoms with Crippen molar-refractivity contribution in [3.05, 3.63) is 30.1 Å². The summed E-state index contributed by atoms with van der Waals surface area (Å²) in [4.78, 5) is -0.246. The van der Waals surface area contributed by atoms with Gasteiger partial charge in [0.1, 0.15) is 5.82 Å². The van der Waals surface area contributed by atoms with E-state index in [1.165, 1.54) is 0 Å². The molecule has 0 radical (unpaired) electrons. The highest BCUT2D eigenvalue weighted by Crippen LogP contribution is 2.17. The molecule has 1 rings (SSSR count). The monoisotopic (exact) mass is 272 g/mol. The molecular weight excluding hydrogens is 264 g/mol. The van der Waals surface area contributed by atoms with Crippen LogP contribution >= 0.6 is 0 Å². The summed E-state index contributed by atoms with van der Waals surface area (Å²) in [7, 11) is -3.89. The van der Waals surface area contributed by atoms with E-state index in [1.54, 1.807) is 0 Å². The highest BCUT2D eigenvalue weighted by molar-refractivity contribution is 7.91. The van der Waals surface area contributed by atoms with Crippen molar-refractivity contribution in [3.8, 4) is 0 Å². The zero-order valence-corrected chi connectivity index (χ0v) is 9.18. The molecule has 8 heteroatoms. The molecule has 0 aliphatic carbocycles. The molecule has 0 unspecified atom stereocenters. The molecular formula is C9H8F4O3S. The lowest BCUT2D eigenvalue weighted by molar-refractivity contribution is -0.322. The van der Waals surface area contributed by atoms with Crippen LogP contribution in [0.2, 0.25) is 0 Å². The van der Waals surface area contributed by atoms with Gasteiger partial charge in [-0.2, -0.15) is 0 Å². The quantitative estimate of drug-likeness (QED) is 0.623. The minimum atomic E-state index is -4.86. The van der Waals surface area contributed by atoms with Crippen molar-refractivity contribution in [2.45, 2.75) is 11.3 Å². The molecule has 0 saturated heterocycles. The summed E-state index contributed by atoms with van der Waals surface area (Å²) in [5.74, 6) is -1.45. The topological polar surface area (TPSA) is 43.4 Å². The maximum atomic E-state index is 12.5. The molecule has 0 N–H and O–H groups in total. The van der Waals surface area contributed by atoms with Crippen LogP contribution in [0.3, 0.4) is 0 Å². The number of hydrogen-bond donors (Lipinski definition) is 0. The fourth-order valence-corrected chi connectivity index (χ4v) is 2.12. The lowest BCUT2D eigenvalue weighted by atomic mass is 10.4. The van der Waals surface area contributed by atoms with E-state index in [0.717, 1.165) is 24.3 Å². The first-order valence-corrected chi connectivity index (χ1v) is 6.05. The van der Waals surface area contributed by atoms with Gasteiger partial charge in [0.15, 0.2) is 9.84 Å². The Hall–Kier alpha value is -1.15. The molecule has 0 amide bonds. The second-order valence-electron chi connectivity index (χ2n) is 3.07. The third kappa shape index (κ3) is 4.70. The highest BCUT2D eigenvalue weighted by atomic mass is 32.2. The van der Waals surface area contributed by atoms with Crippen molar-refractivity contribution >= 4 is 9.84 Å². The second-order valence-corrected chi connectivity index (χ2v) is 5.18. The van der Waals surface area contributed by atoms with Gasteiger partial charge in [0.25, 0.3) is 0 Å². The van der Waals surface area contributed by atoms with E-state index >= 15 is 0 Å². The van der Waals surface area contributed by atoms with Gasteiger partial charge in [-0.25, -0.2) is 12.8 Å². The van der Waals surface area contributed by atoms with Crippen molar-refractivity contribution in [2.75, 3.05) is 12.4 Å². The first kappa shape index (κ1) is 13.9. The van der Waals surface area contributed by atoms with Crippen LogP contribution in [0, 0.1) is 5.82 Å². The van der Waals surface area contributed by atoms with E-state index in [2.05, 4.69) is 4.74 Å². The Morgan fingerprint density at radius 3 is 2.12 bits per heavy atom. The lowest BCUT2D eigenvalue weighted by Crippen LogP contribution is -2.20. The number of benzene rings is 1. The molecule has 1 aromatic rings. The first-order valence-electron chi connectivity index (χ1n) is 4.40. The fourth-order valence-electron chi connectivity index (χ4n) is 1.03. The normalized spacial score (nSPS) is 12.7. The van der Waals surface area contributed by atoms with Gasteiger partial charge in [-0.15, -0.1) is 13.2 Å². The van der Waals surface area contributed by atoms with Crippen molar-refractivity contribution in [1.29, 1.82) is 0 Å². The molecule has 1 aromatic carbocycles. The fraction of sp³-hybridized carbons (Fsp3) is 0.333. The Balaban J connectivity index is 2.66. The van der Waals surface area contributed by atoms with Gasteiger partial charge in [0.2, 0.25) is 0 Å². The molecule has 3 nitrogen and oxygen atoms in total. The molecule has 0 aromatic heterocycles. The van der Waals surface area contributed by atoms with Crippen LogP contribution in [-0.4, -0.2) is 27.1 Å². The van der Waals surface area contributed by atoms with Crippen molar-refractivity contribution in [1.82, 2.24) is 0 Å². The van der Waals surface area contributed by atoms with E-state index in [9.17, 15) is 26.0 Å². The second kappa shape index (κ2) is 5.01. The predicted molar refractivity (Wildman–Crippen MR) is 50.5 cm³/mol. The van der Waals surface area contributed by atoms with E-state index in [0.29, 0.717) is 0 Å². The van der Waals surface area contributed by atoms with Crippen LogP contribution < -0.4 is 0 Å². The van der Waals surface area contributed by atoms with E-state index in [-0.39, 0.29) is 4.90 Å². The number of rotatable bonds is 4. The Morgan fingerprint density at radius 1 is 1.12 bits per heavy atom. The minimum absolute atomic E-state index is 0.246. The predicted octanol–water partition coefficient (Wildman–Crippen LogP) is 2.14. The molecule has 17 heavy (non-hydrogen) atoms. The van der Waals surface area contributed by atoms with Crippen molar-refractivity contribution in [2.24, 2.45) is 0 Å². The van der Waals surface area contributed by atoms with Crippen molar-refractivity contribution < 1.29 is 30.7 Å². The molecule has 0 saturated carbocycles. The van der Waals surface area contributed by atoms with Crippen LogP contribution in [0.1, 0.15) is 0 Å². The van der Waals surface area contributed by atoms with Gasteiger partial charge in [-0.3, -0.25) is 4.74 Å². The average Bonchev–Trinajstić information content (AvgIpc) is 2.15. The highest BCUT2D eigenvalue weighted by Gasteiger charge is 2.29. The Labute approximate surface area is 94.9 Å². The summed E-state index contributed by atoms with van der Waals surface area (Å²) in [6.07, 6.45) is -4.86. The number of sulfone groups is 1. The third-order valence-corrected chi connectivity index (χ3v) is 3.49. The molecule has 0 aliphatic heterocycles. The average molecular weight is 272 g/mol. The molecule has 0 atom stereocenters. The van der Waals surface area contributed by atoms with Crippen LogP contribution in [0.25, 0.3) is 0 Å². The van der Waals surface area contributed by atoms with E-state index in [1.807, 2.05) is 0 Å². The summed E-state index contributed by atoms with van der Waals surface area (Å²) in [6.45, 7) is -0.997. The zero-order chi connectivity index (χ0) is 13.1. The molecule has 0 spiro atoms. The zero-order valence-electron chi connectivity index (χ0n) is 8.37. The Morgan fingerprint density at radius 2 is 1.65 bits per heavy atom. The summed E-state index contributed by atoms with van der Waals surface area (Å²) in [5, 5.41) is 0. The van der Waals surface area contributed by atoms with Gasteiger partial charge in [-0.1, -0.05) is 0 Å². The number of hydrogen-bond acceptors (Lipinski definition) is 3.